The summed E-state index contributed by atoms with van der Waals surface area (Å²) in [5.41, 5.74) is 2.16. The van der Waals surface area contributed by atoms with Gasteiger partial charge < -0.3 is 10.6 Å². The molecule has 2 rings (SSSR count). The monoisotopic (exact) mass is 396 g/mol. The molecule has 0 spiro atoms. The summed E-state index contributed by atoms with van der Waals surface area (Å²) in [7, 11) is -3.34. The first-order valence-corrected chi connectivity index (χ1v) is 9.84. The Labute approximate surface area is 161 Å². The molecule has 0 bridgehead atoms. The van der Waals surface area contributed by atoms with Gasteiger partial charge in [-0.25, -0.2) is 8.42 Å². The van der Waals surface area contributed by atoms with Crippen LogP contribution in [-0.2, 0) is 16.4 Å². The normalized spacial score (nSPS) is 11.1. The van der Waals surface area contributed by atoms with E-state index in [-0.39, 0.29) is 23.2 Å². The van der Waals surface area contributed by atoms with Gasteiger partial charge in [-0.3, -0.25) is 4.79 Å². The van der Waals surface area contributed by atoms with Gasteiger partial charge in [0, 0.05) is 17.8 Å². The lowest BCUT2D eigenvalue weighted by molar-refractivity contribution is 0.102. The molecule has 2 N–H and O–H groups in total. The van der Waals surface area contributed by atoms with Gasteiger partial charge in [-0.2, -0.15) is 0 Å². The summed E-state index contributed by atoms with van der Waals surface area (Å²) < 4.78 is 24.3. The fourth-order valence-electron chi connectivity index (χ4n) is 2.32. The minimum Gasteiger partial charge on any atom is -0.322 e. The molecule has 0 saturated heterocycles. The van der Waals surface area contributed by atoms with Crippen LogP contribution < -0.4 is 10.6 Å². The zero-order chi connectivity index (χ0) is 18.4. The van der Waals surface area contributed by atoms with Crippen LogP contribution in [0.1, 0.15) is 36.7 Å². The Bertz CT molecular complexity index is 834. The number of halogens is 1. The van der Waals surface area contributed by atoms with E-state index in [0.717, 1.165) is 17.8 Å². The van der Waals surface area contributed by atoms with Crippen LogP contribution in [0.4, 0.5) is 5.69 Å². The average Bonchev–Trinajstić information content (AvgIpc) is 2.61. The number of para-hydroxylation sites is 1. The molecule has 0 fully saturated rings. The number of amides is 1. The number of benzene rings is 2. The average molecular weight is 397 g/mol. The van der Waals surface area contributed by atoms with Gasteiger partial charge in [-0.15, -0.1) is 12.4 Å². The van der Waals surface area contributed by atoms with Gasteiger partial charge in [0.2, 0.25) is 0 Å². The highest BCUT2D eigenvalue weighted by Gasteiger charge is 2.19. The predicted octanol–water partition coefficient (Wildman–Crippen LogP) is 3.65. The Hall–Kier alpha value is -1.89. The smallest absolute Gasteiger partial charge is 0.255 e. The Morgan fingerprint density at radius 1 is 1.04 bits per heavy atom. The largest absolute Gasteiger partial charge is 0.322 e. The molecule has 0 aliphatic rings. The maximum Gasteiger partial charge on any atom is 0.255 e. The summed E-state index contributed by atoms with van der Waals surface area (Å²) in [4.78, 5) is 12.7. The summed E-state index contributed by atoms with van der Waals surface area (Å²) in [5.74, 6) is -0.266. The summed E-state index contributed by atoms with van der Waals surface area (Å²) in [6.07, 6.45) is 0. The third-order valence-corrected chi connectivity index (χ3v) is 6.07. The van der Waals surface area contributed by atoms with Crippen molar-refractivity contribution < 1.29 is 13.2 Å². The summed E-state index contributed by atoms with van der Waals surface area (Å²) in [6, 6.07) is 13.6. The Balaban J connectivity index is 0.00000338. The molecular weight excluding hydrogens is 372 g/mol. The molecule has 7 heteroatoms. The molecular formula is C19H25ClN2O3S. The maximum absolute atomic E-state index is 12.5. The number of carbonyl (C=O) groups is 1. The number of hydrogen-bond donors (Lipinski definition) is 2. The molecule has 2 aromatic carbocycles. The van der Waals surface area contributed by atoms with E-state index in [1.807, 2.05) is 31.2 Å². The standard InChI is InChI=1S/C19H24N2O3S.ClH/c1-4-20-13-16-7-5-6-8-18(16)21-19(22)15-9-11-17(12-10-15)25(23,24)14(2)3;/h5-12,14,20H,4,13H2,1-3H3,(H,21,22);1H. The molecule has 0 aromatic heterocycles. The van der Waals surface area contributed by atoms with Gasteiger partial charge >= 0.3 is 0 Å². The van der Waals surface area contributed by atoms with E-state index < -0.39 is 15.1 Å². The van der Waals surface area contributed by atoms with E-state index in [0.29, 0.717) is 12.1 Å². The first-order valence-electron chi connectivity index (χ1n) is 8.30. The minimum absolute atomic E-state index is 0. The zero-order valence-electron chi connectivity index (χ0n) is 15.2. The zero-order valence-corrected chi connectivity index (χ0v) is 16.8. The molecule has 2 aromatic rings. The molecule has 0 aliphatic heterocycles. The third kappa shape index (κ3) is 5.30. The number of anilines is 1. The van der Waals surface area contributed by atoms with Crippen molar-refractivity contribution in [3.8, 4) is 0 Å². The van der Waals surface area contributed by atoms with Gasteiger partial charge in [-0.1, -0.05) is 25.1 Å². The molecule has 26 heavy (non-hydrogen) atoms. The molecule has 0 saturated carbocycles. The number of hydrogen-bond acceptors (Lipinski definition) is 4. The topological polar surface area (TPSA) is 75.3 Å². The maximum atomic E-state index is 12.5. The van der Waals surface area contributed by atoms with Crippen molar-refractivity contribution in [1.29, 1.82) is 0 Å². The van der Waals surface area contributed by atoms with Crippen LogP contribution in [0.2, 0.25) is 0 Å². The van der Waals surface area contributed by atoms with Gasteiger partial charge in [0.05, 0.1) is 10.1 Å². The molecule has 5 nitrogen and oxygen atoms in total. The van der Waals surface area contributed by atoms with Crippen LogP contribution in [0.5, 0.6) is 0 Å². The van der Waals surface area contributed by atoms with Crippen molar-refractivity contribution >= 4 is 33.8 Å². The van der Waals surface area contributed by atoms with E-state index >= 15 is 0 Å². The van der Waals surface area contributed by atoms with E-state index in [1.54, 1.807) is 13.8 Å². The molecule has 0 atom stereocenters. The highest BCUT2D eigenvalue weighted by atomic mass is 35.5. The molecule has 142 valence electrons. The molecule has 0 heterocycles. The van der Waals surface area contributed by atoms with E-state index in [9.17, 15) is 13.2 Å². The van der Waals surface area contributed by atoms with Gasteiger partial charge in [-0.05, 0) is 56.3 Å². The fraction of sp³-hybridized carbons (Fsp3) is 0.316. The summed E-state index contributed by atoms with van der Waals surface area (Å²) >= 11 is 0. The highest BCUT2D eigenvalue weighted by molar-refractivity contribution is 7.92. The lowest BCUT2D eigenvalue weighted by Crippen LogP contribution is -2.17. The Kier molecular flexibility index (Phi) is 8.27. The second-order valence-corrected chi connectivity index (χ2v) is 8.51. The molecule has 0 unspecified atom stereocenters. The number of rotatable bonds is 7. The SMILES string of the molecule is CCNCc1ccccc1NC(=O)c1ccc(S(=O)(=O)C(C)C)cc1.Cl. The lowest BCUT2D eigenvalue weighted by atomic mass is 10.1. The van der Waals surface area contributed by atoms with Crippen LogP contribution in [0, 0.1) is 0 Å². The Morgan fingerprint density at radius 3 is 2.23 bits per heavy atom. The van der Waals surface area contributed by atoms with Crippen molar-refractivity contribution in [2.75, 3.05) is 11.9 Å². The lowest BCUT2D eigenvalue weighted by Gasteiger charge is -2.12. The van der Waals surface area contributed by atoms with Crippen LogP contribution in [0.15, 0.2) is 53.4 Å². The minimum atomic E-state index is -3.34. The molecule has 0 radical (unpaired) electrons. The van der Waals surface area contributed by atoms with E-state index in [1.165, 1.54) is 24.3 Å². The predicted molar refractivity (Wildman–Crippen MR) is 108 cm³/mol. The van der Waals surface area contributed by atoms with E-state index in [4.69, 9.17) is 0 Å². The molecule has 0 aliphatic carbocycles. The van der Waals surface area contributed by atoms with Gasteiger partial charge in [0.25, 0.3) is 5.91 Å². The Morgan fingerprint density at radius 2 is 1.65 bits per heavy atom. The van der Waals surface area contributed by atoms with Crippen molar-refractivity contribution in [2.45, 2.75) is 37.5 Å². The second-order valence-electron chi connectivity index (χ2n) is 6.01. The number of carbonyl (C=O) groups excluding carboxylic acids is 1. The first kappa shape index (κ1) is 22.2. The third-order valence-electron chi connectivity index (χ3n) is 3.90. The first-order chi connectivity index (χ1) is 11.9. The second kappa shape index (κ2) is 9.71. The van der Waals surface area contributed by atoms with Crippen molar-refractivity contribution in [1.82, 2.24) is 5.32 Å². The summed E-state index contributed by atoms with van der Waals surface area (Å²) in [5, 5.41) is 5.63. The number of nitrogens with one attached hydrogen (secondary N) is 2. The summed E-state index contributed by atoms with van der Waals surface area (Å²) in [6.45, 7) is 6.80. The molecule has 1 amide bonds. The highest BCUT2D eigenvalue weighted by Crippen LogP contribution is 2.19. The van der Waals surface area contributed by atoms with Crippen LogP contribution in [-0.4, -0.2) is 26.1 Å². The van der Waals surface area contributed by atoms with E-state index in [2.05, 4.69) is 10.6 Å². The van der Waals surface area contributed by atoms with Crippen molar-refractivity contribution in [3.63, 3.8) is 0 Å². The fourth-order valence-corrected chi connectivity index (χ4v) is 3.38. The van der Waals surface area contributed by atoms with Gasteiger partial charge in [0.1, 0.15) is 0 Å². The van der Waals surface area contributed by atoms with Gasteiger partial charge in [0.15, 0.2) is 9.84 Å². The van der Waals surface area contributed by atoms with Crippen LogP contribution >= 0.6 is 12.4 Å². The van der Waals surface area contributed by atoms with Crippen molar-refractivity contribution in [3.05, 3.63) is 59.7 Å². The quantitative estimate of drug-likeness (QED) is 0.749. The van der Waals surface area contributed by atoms with Crippen LogP contribution in [0.25, 0.3) is 0 Å². The number of sulfone groups is 1. The van der Waals surface area contributed by atoms with Crippen LogP contribution in [0.3, 0.4) is 0 Å². The van der Waals surface area contributed by atoms with Crippen molar-refractivity contribution in [2.24, 2.45) is 0 Å².